The van der Waals surface area contributed by atoms with Gasteiger partial charge in [-0.3, -0.25) is 9.78 Å². The van der Waals surface area contributed by atoms with Crippen molar-refractivity contribution in [1.82, 2.24) is 39.3 Å². The van der Waals surface area contributed by atoms with Crippen molar-refractivity contribution in [2.75, 3.05) is 5.32 Å². The van der Waals surface area contributed by atoms with Crippen LogP contribution in [0.1, 0.15) is 48.2 Å². The first-order chi connectivity index (χ1) is 19.5. The molecule has 0 fully saturated rings. The number of carbonyl (C=O) groups is 1. The van der Waals surface area contributed by atoms with Gasteiger partial charge in [0.05, 0.1) is 35.3 Å². The number of hydrogen-bond donors (Lipinski definition) is 1. The zero-order valence-corrected chi connectivity index (χ0v) is 20.8. The van der Waals surface area contributed by atoms with Crippen molar-refractivity contribution in [3.63, 3.8) is 0 Å². The summed E-state index contributed by atoms with van der Waals surface area (Å²) in [6.45, 7) is -1.27. The van der Waals surface area contributed by atoms with Crippen LogP contribution in [0.4, 0.5) is 32.0 Å². The Balaban J connectivity index is 1.40. The van der Waals surface area contributed by atoms with Crippen LogP contribution < -0.4 is 5.32 Å². The lowest BCUT2D eigenvalue weighted by Crippen LogP contribution is -2.25. The topological polar surface area (TPSA) is 116 Å². The molecule has 5 aromatic heterocycles. The largest absolute Gasteiger partial charge is 0.418 e. The van der Waals surface area contributed by atoms with E-state index in [0.717, 1.165) is 24.5 Å². The fourth-order valence-electron chi connectivity index (χ4n) is 5.14. The second kappa shape index (κ2) is 9.35. The average Bonchev–Trinajstić information content (AvgIpc) is 3.64. The van der Waals surface area contributed by atoms with Crippen LogP contribution in [0.2, 0.25) is 0 Å². The summed E-state index contributed by atoms with van der Waals surface area (Å²) in [7, 11) is 0. The van der Waals surface area contributed by atoms with Gasteiger partial charge in [-0.15, -0.1) is 5.10 Å². The van der Waals surface area contributed by atoms with Crippen LogP contribution in [0.5, 0.6) is 0 Å². The molecule has 0 saturated carbocycles. The Bertz CT molecular complexity index is 1790. The van der Waals surface area contributed by atoms with E-state index in [1.54, 1.807) is 6.92 Å². The van der Waals surface area contributed by atoms with Crippen molar-refractivity contribution < 1.29 is 31.1 Å². The van der Waals surface area contributed by atoms with Crippen molar-refractivity contribution >= 4 is 17.2 Å². The van der Waals surface area contributed by atoms with Crippen molar-refractivity contribution in [3.05, 3.63) is 83.7 Å². The number of hydrogen-bond acceptors (Lipinski definition) is 7. The van der Waals surface area contributed by atoms with Crippen LogP contribution in [0.15, 0.2) is 55.4 Å². The highest BCUT2D eigenvalue weighted by Crippen LogP contribution is 2.50. The van der Waals surface area contributed by atoms with E-state index in [1.165, 1.54) is 35.4 Å². The summed E-state index contributed by atoms with van der Waals surface area (Å²) in [5.74, 6) is -2.84. The number of rotatable bonds is 5. The van der Waals surface area contributed by atoms with E-state index in [0.29, 0.717) is 21.5 Å². The third-order valence-corrected chi connectivity index (χ3v) is 6.99. The summed E-state index contributed by atoms with van der Waals surface area (Å²) in [6.07, 6.45) is 2.40. The SMILES string of the molecule is C[C@@]1(c2cnn(C(F)F)c2)C[C@H](C(=O)Nc2cnc(-c3ncccn3)c(C(F)(F)F)c2)c2cnc3cc(F)nn3c21. The summed E-state index contributed by atoms with van der Waals surface area (Å²) in [4.78, 5) is 29.2. The molecule has 16 heteroatoms. The lowest BCUT2D eigenvalue weighted by atomic mass is 9.80. The van der Waals surface area contributed by atoms with Crippen molar-refractivity contribution in [2.24, 2.45) is 0 Å². The third kappa shape index (κ3) is 4.44. The summed E-state index contributed by atoms with van der Waals surface area (Å²) in [6, 6.07) is 3.24. The van der Waals surface area contributed by atoms with Crippen molar-refractivity contribution in [3.8, 4) is 11.5 Å². The van der Waals surface area contributed by atoms with Gasteiger partial charge >= 0.3 is 12.7 Å². The predicted molar refractivity (Wildman–Crippen MR) is 129 cm³/mol. The highest BCUT2D eigenvalue weighted by Gasteiger charge is 2.48. The molecule has 0 radical (unpaired) electrons. The lowest BCUT2D eigenvalue weighted by molar-refractivity contribution is -0.137. The van der Waals surface area contributed by atoms with E-state index in [4.69, 9.17) is 0 Å². The minimum absolute atomic E-state index is 0.0269. The average molecular weight is 573 g/mol. The van der Waals surface area contributed by atoms with Crippen molar-refractivity contribution in [1.29, 1.82) is 0 Å². The molecule has 0 unspecified atom stereocenters. The number of carbonyl (C=O) groups excluding carboxylic acids is 1. The van der Waals surface area contributed by atoms with Gasteiger partial charge in [0.2, 0.25) is 11.9 Å². The number of amides is 1. The van der Waals surface area contributed by atoms with Crippen molar-refractivity contribution in [2.45, 2.75) is 37.4 Å². The molecule has 0 bridgehead atoms. The smallest absolute Gasteiger partial charge is 0.324 e. The molecule has 6 rings (SSSR count). The molecule has 10 nitrogen and oxygen atoms in total. The fraction of sp³-hybridized carbons (Fsp3) is 0.240. The first-order valence-corrected chi connectivity index (χ1v) is 12.0. The summed E-state index contributed by atoms with van der Waals surface area (Å²) in [5.41, 5.74) is -2.07. The van der Waals surface area contributed by atoms with Gasteiger partial charge in [0.1, 0.15) is 5.69 Å². The van der Waals surface area contributed by atoms with E-state index in [1.807, 2.05) is 0 Å². The number of aromatic nitrogens is 8. The fourth-order valence-corrected chi connectivity index (χ4v) is 5.14. The Kier molecular flexibility index (Phi) is 6.00. The highest BCUT2D eigenvalue weighted by molar-refractivity contribution is 5.97. The molecular weight excluding hydrogens is 556 g/mol. The Morgan fingerprint density at radius 3 is 2.54 bits per heavy atom. The molecule has 1 amide bonds. The zero-order valence-electron chi connectivity index (χ0n) is 20.8. The second-order valence-corrected chi connectivity index (χ2v) is 9.55. The Hall–Kier alpha value is -4.89. The van der Waals surface area contributed by atoms with Gasteiger partial charge in [-0.25, -0.2) is 24.1 Å². The number of halogens is 6. The summed E-state index contributed by atoms with van der Waals surface area (Å²) < 4.78 is 84.2. The second-order valence-electron chi connectivity index (χ2n) is 9.55. The van der Waals surface area contributed by atoms with Crippen LogP contribution in [0, 0.1) is 5.95 Å². The van der Waals surface area contributed by atoms with Crippen LogP contribution in [0.25, 0.3) is 17.2 Å². The van der Waals surface area contributed by atoms with E-state index < -0.39 is 47.2 Å². The Morgan fingerprint density at radius 1 is 1.10 bits per heavy atom. The maximum Gasteiger partial charge on any atom is 0.418 e. The maximum atomic E-state index is 14.1. The lowest BCUT2D eigenvalue weighted by Gasteiger charge is -2.24. The minimum Gasteiger partial charge on any atom is -0.324 e. The molecule has 0 saturated heterocycles. The predicted octanol–water partition coefficient (Wildman–Crippen LogP) is 4.76. The van der Waals surface area contributed by atoms with Crippen LogP contribution in [-0.4, -0.2) is 45.2 Å². The Labute approximate surface area is 226 Å². The Morgan fingerprint density at radius 2 is 1.85 bits per heavy atom. The van der Waals surface area contributed by atoms with E-state index in [2.05, 4.69) is 35.5 Å². The number of pyridine rings is 1. The molecule has 0 spiro atoms. The molecule has 210 valence electrons. The van der Waals surface area contributed by atoms with E-state index >= 15 is 0 Å². The van der Waals surface area contributed by atoms with E-state index in [9.17, 15) is 31.1 Å². The third-order valence-electron chi connectivity index (χ3n) is 6.99. The minimum atomic E-state index is -4.84. The van der Waals surface area contributed by atoms with Crippen LogP contribution >= 0.6 is 0 Å². The summed E-state index contributed by atoms with van der Waals surface area (Å²) >= 11 is 0. The summed E-state index contributed by atoms with van der Waals surface area (Å²) in [5, 5.41) is 9.99. The van der Waals surface area contributed by atoms with Gasteiger partial charge in [0.15, 0.2) is 11.5 Å². The highest BCUT2D eigenvalue weighted by atomic mass is 19.4. The maximum absolute atomic E-state index is 14.1. The molecule has 5 heterocycles. The number of alkyl halides is 5. The monoisotopic (exact) mass is 573 g/mol. The van der Waals surface area contributed by atoms with Gasteiger partial charge in [-0.05, 0) is 25.5 Å². The number of nitrogens with one attached hydrogen (secondary N) is 1. The van der Waals surface area contributed by atoms with Gasteiger partial charge in [0.25, 0.3) is 0 Å². The number of anilines is 1. The first kappa shape index (κ1) is 26.3. The molecule has 5 aromatic rings. The zero-order chi connectivity index (χ0) is 29.1. The number of fused-ring (bicyclic) bond motifs is 3. The van der Waals surface area contributed by atoms with Crippen LogP contribution in [0.3, 0.4) is 0 Å². The van der Waals surface area contributed by atoms with Gasteiger partial charge in [-0.2, -0.15) is 31.4 Å². The molecule has 1 aliphatic rings. The van der Waals surface area contributed by atoms with Gasteiger partial charge in [0, 0.05) is 47.4 Å². The van der Waals surface area contributed by atoms with Gasteiger partial charge in [-0.1, -0.05) is 0 Å². The molecule has 2 atom stereocenters. The molecular formula is C25H17F6N9O. The number of nitrogens with zero attached hydrogens (tertiary/aromatic N) is 8. The standard InChI is InChI=1S/C25H17F6N9O/c1-24(12-8-36-39(11-12)23(27)28)7-14(15-10-34-18-6-17(26)38-40(18)20(15)24)22(41)37-13-5-16(25(29,30)31)19(35-9-13)21-32-3-2-4-33-21/h2-6,8-11,14,23H,7H2,1H3,(H,37,41)/t14-,24-/m0/s1. The normalized spacial score (nSPS) is 18.7. The molecule has 0 aromatic carbocycles. The van der Waals surface area contributed by atoms with Crippen LogP contribution in [-0.2, 0) is 16.4 Å². The molecule has 1 aliphatic carbocycles. The first-order valence-electron chi connectivity index (χ1n) is 12.0. The molecule has 1 N–H and O–H groups in total. The van der Waals surface area contributed by atoms with Gasteiger partial charge < -0.3 is 5.32 Å². The van der Waals surface area contributed by atoms with E-state index in [-0.39, 0.29) is 23.6 Å². The molecule has 41 heavy (non-hydrogen) atoms. The quantitative estimate of drug-likeness (QED) is 0.302. The molecule has 0 aliphatic heterocycles.